The average Bonchev–Trinajstić information content (AvgIpc) is 2.14. The van der Waals surface area contributed by atoms with E-state index in [0.717, 1.165) is 19.4 Å². The van der Waals surface area contributed by atoms with Crippen molar-refractivity contribution < 1.29 is 5.11 Å². The van der Waals surface area contributed by atoms with Crippen LogP contribution in [-0.4, -0.2) is 24.8 Å². The van der Waals surface area contributed by atoms with Gasteiger partial charge in [0.15, 0.2) is 0 Å². The molecule has 0 saturated carbocycles. The van der Waals surface area contributed by atoms with Gasteiger partial charge in [-0.2, -0.15) is 0 Å². The van der Waals surface area contributed by atoms with Crippen LogP contribution >= 0.6 is 23.2 Å². The normalized spacial score (nSPS) is 13.4. The summed E-state index contributed by atoms with van der Waals surface area (Å²) < 4.78 is 0. The molecule has 2 nitrogen and oxygen atoms in total. The molecule has 0 aromatic heterocycles. The number of halogens is 2. The van der Waals surface area contributed by atoms with Crippen LogP contribution in [0.25, 0.3) is 0 Å². The number of rotatable bonds is 7. The standard InChI is InChI=1S/C10H19Cl2NO/c1-10(2,4-3-5-14)8-13-7-9(12)6-11/h6,13-14H,3-5,7-8H2,1-2H3. The van der Waals surface area contributed by atoms with E-state index >= 15 is 0 Å². The van der Waals surface area contributed by atoms with Crippen LogP contribution in [0.15, 0.2) is 10.6 Å². The van der Waals surface area contributed by atoms with Gasteiger partial charge in [0.2, 0.25) is 0 Å². The monoisotopic (exact) mass is 239 g/mol. The van der Waals surface area contributed by atoms with E-state index < -0.39 is 0 Å². The van der Waals surface area contributed by atoms with Gasteiger partial charge in [-0.3, -0.25) is 0 Å². The van der Waals surface area contributed by atoms with E-state index in [1.54, 1.807) is 0 Å². The molecule has 2 N–H and O–H groups in total. The van der Waals surface area contributed by atoms with Crippen molar-refractivity contribution in [3.05, 3.63) is 10.6 Å². The predicted octanol–water partition coefficient (Wildman–Crippen LogP) is 2.69. The van der Waals surface area contributed by atoms with Gasteiger partial charge in [-0.05, 0) is 18.3 Å². The lowest BCUT2D eigenvalue weighted by molar-refractivity contribution is 0.238. The molecule has 0 unspecified atom stereocenters. The minimum atomic E-state index is 0.187. The summed E-state index contributed by atoms with van der Waals surface area (Å²) in [5, 5.41) is 12.5. The fraction of sp³-hybridized carbons (Fsp3) is 0.800. The lowest BCUT2D eigenvalue weighted by atomic mass is 9.88. The van der Waals surface area contributed by atoms with E-state index in [4.69, 9.17) is 28.3 Å². The highest BCUT2D eigenvalue weighted by molar-refractivity contribution is 6.36. The molecule has 0 bridgehead atoms. The van der Waals surface area contributed by atoms with E-state index in [1.165, 1.54) is 5.54 Å². The van der Waals surface area contributed by atoms with Crippen LogP contribution in [0.1, 0.15) is 26.7 Å². The Morgan fingerprint density at radius 3 is 2.64 bits per heavy atom. The van der Waals surface area contributed by atoms with Crippen LogP contribution in [0.3, 0.4) is 0 Å². The second-order valence-corrected chi connectivity index (χ2v) is 4.85. The van der Waals surface area contributed by atoms with Gasteiger partial charge in [0.05, 0.1) is 0 Å². The van der Waals surface area contributed by atoms with E-state index in [1.807, 2.05) is 0 Å². The first-order valence-corrected chi connectivity index (χ1v) is 5.59. The Hall–Kier alpha value is 0.240. The molecular formula is C10H19Cl2NO. The van der Waals surface area contributed by atoms with Crippen molar-refractivity contribution in [3.63, 3.8) is 0 Å². The Kier molecular flexibility index (Phi) is 7.65. The minimum absolute atomic E-state index is 0.187. The Balaban J connectivity index is 3.64. The Morgan fingerprint density at radius 2 is 2.14 bits per heavy atom. The largest absolute Gasteiger partial charge is 0.396 e. The van der Waals surface area contributed by atoms with Crippen LogP contribution < -0.4 is 5.32 Å². The number of aliphatic hydroxyl groups excluding tert-OH is 1. The number of aliphatic hydroxyl groups is 1. The molecule has 0 amide bonds. The van der Waals surface area contributed by atoms with Crippen molar-refractivity contribution in [2.45, 2.75) is 26.7 Å². The van der Waals surface area contributed by atoms with Crippen LogP contribution in [0.5, 0.6) is 0 Å². The van der Waals surface area contributed by atoms with Gasteiger partial charge >= 0.3 is 0 Å². The summed E-state index contributed by atoms with van der Waals surface area (Å²) >= 11 is 11.1. The Morgan fingerprint density at radius 1 is 1.50 bits per heavy atom. The van der Waals surface area contributed by atoms with Crippen molar-refractivity contribution in [1.29, 1.82) is 0 Å². The fourth-order valence-corrected chi connectivity index (χ4v) is 1.38. The minimum Gasteiger partial charge on any atom is -0.396 e. The fourth-order valence-electron chi connectivity index (χ4n) is 1.20. The van der Waals surface area contributed by atoms with Crippen LogP contribution in [-0.2, 0) is 0 Å². The molecule has 0 fully saturated rings. The molecule has 0 saturated heterocycles. The van der Waals surface area contributed by atoms with Crippen LogP contribution in [0, 0.1) is 5.41 Å². The van der Waals surface area contributed by atoms with Crippen molar-refractivity contribution >= 4 is 23.2 Å². The average molecular weight is 240 g/mol. The smallest absolute Gasteiger partial charge is 0.0431 e. The summed E-state index contributed by atoms with van der Waals surface area (Å²) in [6, 6.07) is 0. The summed E-state index contributed by atoms with van der Waals surface area (Å²) in [4.78, 5) is 0. The van der Waals surface area contributed by atoms with E-state index in [-0.39, 0.29) is 12.0 Å². The molecule has 0 aliphatic rings. The first-order valence-electron chi connectivity index (χ1n) is 4.78. The molecule has 14 heavy (non-hydrogen) atoms. The van der Waals surface area contributed by atoms with Gasteiger partial charge in [0.1, 0.15) is 0 Å². The van der Waals surface area contributed by atoms with Gasteiger partial charge < -0.3 is 10.4 Å². The zero-order valence-corrected chi connectivity index (χ0v) is 10.3. The molecule has 0 atom stereocenters. The van der Waals surface area contributed by atoms with E-state index in [2.05, 4.69) is 19.2 Å². The summed E-state index contributed by atoms with van der Waals surface area (Å²) in [5.41, 5.74) is 1.56. The van der Waals surface area contributed by atoms with Crippen LogP contribution in [0.4, 0.5) is 0 Å². The number of hydrogen-bond donors (Lipinski definition) is 2. The summed E-state index contributed by atoms with van der Waals surface area (Å²) in [6.45, 7) is 6.05. The van der Waals surface area contributed by atoms with Crippen molar-refractivity contribution in [3.8, 4) is 0 Å². The molecule has 84 valence electrons. The highest BCUT2D eigenvalue weighted by Crippen LogP contribution is 2.20. The summed E-state index contributed by atoms with van der Waals surface area (Å²) in [6.07, 6.45) is 1.84. The van der Waals surface area contributed by atoms with Crippen molar-refractivity contribution in [1.82, 2.24) is 5.32 Å². The second kappa shape index (κ2) is 7.52. The quantitative estimate of drug-likeness (QED) is 0.717. The third kappa shape index (κ3) is 7.63. The predicted molar refractivity (Wildman–Crippen MR) is 62.8 cm³/mol. The van der Waals surface area contributed by atoms with E-state index in [9.17, 15) is 0 Å². The number of nitrogens with one attached hydrogen (secondary N) is 1. The lowest BCUT2D eigenvalue weighted by Gasteiger charge is -2.24. The van der Waals surface area contributed by atoms with Gasteiger partial charge in [-0.15, -0.1) is 0 Å². The molecule has 0 aromatic rings. The third-order valence-electron chi connectivity index (χ3n) is 2.03. The number of hydrogen-bond acceptors (Lipinski definition) is 2. The molecule has 0 aromatic carbocycles. The second-order valence-electron chi connectivity index (χ2n) is 4.15. The molecule has 0 rings (SSSR count). The summed E-state index contributed by atoms with van der Waals surface area (Å²) in [7, 11) is 0. The molecule has 0 aliphatic heterocycles. The van der Waals surface area contributed by atoms with Gasteiger partial charge in [0.25, 0.3) is 0 Å². The lowest BCUT2D eigenvalue weighted by Crippen LogP contribution is -2.30. The van der Waals surface area contributed by atoms with Crippen molar-refractivity contribution in [2.24, 2.45) is 5.41 Å². The maximum Gasteiger partial charge on any atom is 0.0431 e. The van der Waals surface area contributed by atoms with Gasteiger partial charge in [-0.1, -0.05) is 37.0 Å². The first kappa shape index (κ1) is 14.2. The molecule has 0 aliphatic carbocycles. The zero-order valence-electron chi connectivity index (χ0n) is 8.82. The molecule has 0 spiro atoms. The van der Waals surface area contributed by atoms with Crippen LogP contribution in [0.2, 0.25) is 0 Å². The first-order chi connectivity index (χ1) is 6.52. The van der Waals surface area contributed by atoms with Gasteiger partial charge in [-0.25, -0.2) is 0 Å². The Labute approximate surface area is 96.3 Å². The van der Waals surface area contributed by atoms with Crippen molar-refractivity contribution in [2.75, 3.05) is 19.7 Å². The Bertz CT molecular complexity index is 181. The SMILES string of the molecule is CC(C)(CCCO)CNCC(Cl)=CCl. The maximum atomic E-state index is 8.71. The van der Waals surface area contributed by atoms with Gasteiger partial charge in [0, 0.05) is 30.3 Å². The summed E-state index contributed by atoms with van der Waals surface area (Å²) in [5.74, 6) is 0. The molecule has 0 radical (unpaired) electrons. The zero-order chi connectivity index (χ0) is 11.0. The van der Waals surface area contributed by atoms with E-state index in [0.29, 0.717) is 11.6 Å². The molecular weight excluding hydrogens is 221 g/mol. The highest BCUT2D eigenvalue weighted by atomic mass is 35.5. The molecule has 4 heteroatoms. The highest BCUT2D eigenvalue weighted by Gasteiger charge is 2.16. The maximum absolute atomic E-state index is 8.71. The third-order valence-corrected chi connectivity index (χ3v) is 2.65. The topological polar surface area (TPSA) is 32.3 Å². The molecule has 0 heterocycles.